The second kappa shape index (κ2) is 10.3. The summed E-state index contributed by atoms with van der Waals surface area (Å²) in [6.07, 6.45) is -1.20. The number of halogens is 2. The fourth-order valence-electron chi connectivity index (χ4n) is 4.56. The number of ketones is 1. The monoisotopic (exact) mass is 437 g/mol. The molecule has 32 heavy (non-hydrogen) atoms. The van der Waals surface area contributed by atoms with Gasteiger partial charge in [-0.05, 0) is 75.2 Å². The number of likely N-dealkylation sites (tertiary alicyclic amines) is 1. The number of carbonyl (C=O) groups is 1. The molecule has 0 aliphatic carbocycles. The molecule has 1 aliphatic heterocycles. The Bertz CT molecular complexity index is 1010. The zero-order valence-corrected chi connectivity index (χ0v) is 18.8. The van der Waals surface area contributed by atoms with Crippen molar-refractivity contribution in [3.63, 3.8) is 0 Å². The Hall–Kier alpha value is -2.72. The fraction of sp³-hybridized carbons (Fsp3) is 0.440. The lowest BCUT2D eigenvalue weighted by molar-refractivity contribution is -0.124. The van der Waals surface area contributed by atoms with Crippen LogP contribution in [0, 0.1) is 18.3 Å². The van der Waals surface area contributed by atoms with Gasteiger partial charge in [-0.25, -0.2) is 8.78 Å². The van der Waals surface area contributed by atoms with Gasteiger partial charge in [-0.3, -0.25) is 9.69 Å². The number of benzene rings is 2. The van der Waals surface area contributed by atoms with Gasteiger partial charge in [0, 0.05) is 12.1 Å². The van der Waals surface area contributed by atoms with Gasteiger partial charge in [0.15, 0.2) is 0 Å². The Kier molecular flexibility index (Phi) is 7.68. The van der Waals surface area contributed by atoms with Crippen molar-refractivity contribution in [1.82, 2.24) is 4.90 Å². The summed E-state index contributed by atoms with van der Waals surface area (Å²) in [7, 11) is 1.66. The maximum atomic E-state index is 13.2. The number of rotatable bonds is 8. The minimum Gasteiger partial charge on any atom is -0.492 e. The number of carbonyl (C=O) groups excluding carboxylic acids is 1. The number of ether oxygens (including phenoxy) is 1. The van der Waals surface area contributed by atoms with Crippen molar-refractivity contribution in [3.8, 4) is 11.8 Å². The van der Waals surface area contributed by atoms with Crippen molar-refractivity contribution in [3.05, 3.63) is 58.7 Å². The predicted molar refractivity (Wildman–Crippen MR) is 122 cm³/mol. The van der Waals surface area contributed by atoms with Crippen LogP contribution in [-0.4, -0.2) is 44.2 Å². The molecule has 2 aromatic carbocycles. The highest BCUT2D eigenvalue weighted by Crippen LogP contribution is 2.38. The smallest absolute Gasteiger partial charge is 0.263 e. The minimum atomic E-state index is -2.55. The van der Waals surface area contributed by atoms with Crippen molar-refractivity contribution in [2.75, 3.05) is 26.2 Å². The second-order valence-electron chi connectivity index (χ2n) is 8.35. The molecule has 4 nitrogen and oxygen atoms in total. The molecule has 3 rings (SSSR count). The van der Waals surface area contributed by atoms with Crippen LogP contribution in [0.3, 0.4) is 0 Å². The van der Waals surface area contributed by atoms with Crippen molar-refractivity contribution in [1.29, 1.82) is 5.26 Å². The van der Waals surface area contributed by atoms with Gasteiger partial charge < -0.3 is 4.74 Å². The number of alkyl halides is 2. The van der Waals surface area contributed by atoms with Crippen LogP contribution in [0.5, 0.6) is 5.75 Å². The van der Waals surface area contributed by atoms with E-state index in [9.17, 15) is 18.8 Å². The lowest BCUT2D eigenvalue weighted by Crippen LogP contribution is -2.47. The van der Waals surface area contributed by atoms with Crippen LogP contribution in [0.2, 0.25) is 6.82 Å². The molecule has 1 saturated heterocycles. The van der Waals surface area contributed by atoms with E-state index >= 15 is 0 Å². The Morgan fingerprint density at radius 3 is 2.56 bits per heavy atom. The van der Waals surface area contributed by atoms with Crippen LogP contribution in [-0.2, 0) is 10.2 Å². The summed E-state index contributed by atoms with van der Waals surface area (Å²) in [5.41, 5.74) is 2.46. The van der Waals surface area contributed by atoms with Crippen LogP contribution >= 0.6 is 0 Å². The Balaban J connectivity index is 1.62. The fourth-order valence-corrected chi connectivity index (χ4v) is 4.56. The molecule has 7 heteroatoms. The number of Topliss-reactive ketones (excluding diaryl/α,β-unsaturated/α-hetero) is 1. The van der Waals surface area contributed by atoms with Crippen LogP contribution in [0.15, 0.2) is 36.4 Å². The van der Waals surface area contributed by atoms with E-state index in [0.29, 0.717) is 42.8 Å². The number of piperidine rings is 1. The molecule has 0 unspecified atom stereocenters. The average Bonchev–Trinajstić information content (AvgIpc) is 2.79. The first-order chi connectivity index (χ1) is 15.3. The second-order valence-corrected chi connectivity index (χ2v) is 8.35. The number of aryl methyl sites for hydroxylation is 1. The average molecular weight is 437 g/mol. The molecular formula is C25H28BF2N2O2. The van der Waals surface area contributed by atoms with E-state index in [4.69, 9.17) is 4.74 Å². The normalized spacial score (nSPS) is 15.9. The standard InChI is InChI=1S/C25H28BF2N2O2/c1-17-4-5-19(16-29)14-22(17)25(18(2)31)8-10-30(11-9-25)12-13-32-20-6-7-23(26-3)21(15-20)24(27)28/h4-7,14-15,24H,8-13H2,1-3H3. The molecule has 0 saturated carbocycles. The van der Waals surface area contributed by atoms with E-state index in [0.717, 1.165) is 24.2 Å². The highest BCUT2D eigenvalue weighted by atomic mass is 19.3. The largest absolute Gasteiger partial charge is 0.492 e. The van der Waals surface area contributed by atoms with Crippen molar-refractivity contribution < 1.29 is 18.3 Å². The third-order valence-electron chi connectivity index (χ3n) is 6.55. The predicted octanol–water partition coefficient (Wildman–Crippen LogP) is 4.18. The first-order valence-corrected chi connectivity index (χ1v) is 10.9. The summed E-state index contributed by atoms with van der Waals surface area (Å²) in [6.45, 7) is 7.84. The van der Waals surface area contributed by atoms with Gasteiger partial charge in [0.25, 0.3) is 6.43 Å². The van der Waals surface area contributed by atoms with E-state index < -0.39 is 11.8 Å². The summed E-state index contributed by atoms with van der Waals surface area (Å²) in [5.74, 6) is 0.559. The molecular weight excluding hydrogens is 409 g/mol. The van der Waals surface area contributed by atoms with Gasteiger partial charge in [-0.15, -0.1) is 0 Å². The van der Waals surface area contributed by atoms with Crippen molar-refractivity contribution in [2.24, 2.45) is 0 Å². The molecule has 0 bridgehead atoms. The summed E-state index contributed by atoms with van der Waals surface area (Å²) >= 11 is 0. The Morgan fingerprint density at radius 1 is 1.25 bits per heavy atom. The summed E-state index contributed by atoms with van der Waals surface area (Å²) in [5, 5.41) is 9.28. The third-order valence-corrected chi connectivity index (χ3v) is 6.55. The van der Waals surface area contributed by atoms with E-state index in [1.54, 1.807) is 39.2 Å². The van der Waals surface area contributed by atoms with E-state index in [1.807, 2.05) is 19.1 Å². The van der Waals surface area contributed by atoms with Crippen LogP contribution in [0.1, 0.15) is 48.4 Å². The summed E-state index contributed by atoms with van der Waals surface area (Å²) in [4.78, 5) is 15.0. The zero-order chi connectivity index (χ0) is 23.3. The van der Waals surface area contributed by atoms with Gasteiger partial charge in [0.1, 0.15) is 25.4 Å². The van der Waals surface area contributed by atoms with E-state index in [2.05, 4.69) is 11.0 Å². The zero-order valence-electron chi connectivity index (χ0n) is 18.8. The van der Waals surface area contributed by atoms with Gasteiger partial charge in [0.2, 0.25) is 0 Å². The van der Waals surface area contributed by atoms with Crippen LogP contribution < -0.4 is 10.2 Å². The highest BCUT2D eigenvalue weighted by Gasteiger charge is 2.41. The molecule has 167 valence electrons. The molecule has 0 N–H and O–H groups in total. The summed E-state index contributed by atoms with van der Waals surface area (Å²) in [6, 6.07) is 12.5. The number of nitrogens with zero attached hydrogens (tertiary/aromatic N) is 2. The Morgan fingerprint density at radius 2 is 1.97 bits per heavy atom. The first-order valence-electron chi connectivity index (χ1n) is 10.9. The van der Waals surface area contributed by atoms with Gasteiger partial charge in [0.05, 0.1) is 17.0 Å². The lowest BCUT2D eigenvalue weighted by Gasteiger charge is -2.41. The quantitative estimate of drug-likeness (QED) is 0.582. The first kappa shape index (κ1) is 23.9. The van der Waals surface area contributed by atoms with E-state index in [-0.39, 0.29) is 11.3 Å². The van der Waals surface area contributed by atoms with Gasteiger partial charge in [-0.2, -0.15) is 5.26 Å². The lowest BCUT2D eigenvalue weighted by atomic mass is 9.68. The topological polar surface area (TPSA) is 53.3 Å². The molecule has 1 fully saturated rings. The maximum Gasteiger partial charge on any atom is 0.263 e. The molecule has 0 spiro atoms. The van der Waals surface area contributed by atoms with E-state index in [1.165, 1.54) is 6.07 Å². The SMILES string of the molecule is C[B]c1ccc(OCCN2CCC(C(C)=O)(c3cc(C#N)ccc3C)CC2)cc1C(F)F. The highest BCUT2D eigenvalue weighted by molar-refractivity contribution is 6.52. The molecule has 2 aromatic rings. The minimum absolute atomic E-state index is 0.0239. The molecule has 1 heterocycles. The van der Waals surface area contributed by atoms with Crippen molar-refractivity contribution in [2.45, 2.75) is 45.4 Å². The summed E-state index contributed by atoms with van der Waals surface area (Å²) < 4.78 is 32.2. The van der Waals surface area contributed by atoms with Crippen LogP contribution in [0.25, 0.3) is 0 Å². The molecule has 1 radical (unpaired) electrons. The molecule has 0 amide bonds. The van der Waals surface area contributed by atoms with Crippen LogP contribution in [0.4, 0.5) is 8.78 Å². The van der Waals surface area contributed by atoms with Crippen molar-refractivity contribution >= 4 is 18.5 Å². The number of hydrogen-bond donors (Lipinski definition) is 0. The number of nitriles is 1. The third kappa shape index (κ3) is 5.02. The van der Waals surface area contributed by atoms with Gasteiger partial charge in [-0.1, -0.05) is 24.4 Å². The molecule has 1 aliphatic rings. The maximum absolute atomic E-state index is 13.2. The number of hydrogen-bond acceptors (Lipinski definition) is 4. The molecule has 0 aromatic heterocycles. The Labute approximate surface area is 189 Å². The molecule has 0 atom stereocenters. The van der Waals surface area contributed by atoms with Gasteiger partial charge >= 0.3 is 0 Å².